The number of nitrogens with zero attached hydrogens (tertiary/aromatic N) is 2. The van der Waals surface area contributed by atoms with E-state index in [2.05, 4.69) is 60.2 Å². The van der Waals surface area contributed by atoms with Crippen molar-refractivity contribution in [2.24, 2.45) is 0 Å². The van der Waals surface area contributed by atoms with Gasteiger partial charge in [-0.15, -0.1) is 11.3 Å². The van der Waals surface area contributed by atoms with E-state index in [0.717, 1.165) is 36.6 Å². The molecule has 1 amide bonds. The Morgan fingerprint density at radius 2 is 1.87 bits per heavy atom. The molecule has 0 saturated carbocycles. The van der Waals surface area contributed by atoms with Gasteiger partial charge in [-0.1, -0.05) is 45.0 Å². The number of hydrogen-bond acceptors (Lipinski definition) is 4. The molecule has 0 bridgehead atoms. The lowest BCUT2D eigenvalue weighted by atomic mass is 10.1. The summed E-state index contributed by atoms with van der Waals surface area (Å²) < 4.78 is 0. The van der Waals surface area contributed by atoms with Crippen molar-refractivity contribution in [3.05, 3.63) is 40.9 Å². The Balaban J connectivity index is 1.94. The molecule has 2 rings (SSSR count). The maximum Gasteiger partial charge on any atom is 0.270 e. The van der Waals surface area contributed by atoms with E-state index in [4.69, 9.17) is 0 Å². The maximum absolute atomic E-state index is 12.2. The summed E-state index contributed by atoms with van der Waals surface area (Å²) in [5, 5.41) is 5.66. The summed E-state index contributed by atoms with van der Waals surface area (Å²) in [7, 11) is 0. The third-order valence-electron chi connectivity index (χ3n) is 3.95. The van der Waals surface area contributed by atoms with Crippen LogP contribution in [0.25, 0.3) is 10.6 Å². The van der Waals surface area contributed by atoms with Crippen LogP contribution >= 0.6 is 11.3 Å². The van der Waals surface area contributed by atoms with E-state index in [9.17, 15) is 4.79 Å². The molecule has 124 valence electrons. The van der Waals surface area contributed by atoms with E-state index in [0.29, 0.717) is 12.2 Å². The van der Waals surface area contributed by atoms with E-state index in [1.54, 1.807) is 0 Å². The zero-order chi connectivity index (χ0) is 16.7. The van der Waals surface area contributed by atoms with Crippen LogP contribution in [0.4, 0.5) is 0 Å². The van der Waals surface area contributed by atoms with Gasteiger partial charge in [-0.25, -0.2) is 4.98 Å². The zero-order valence-electron chi connectivity index (χ0n) is 14.1. The first-order valence-corrected chi connectivity index (χ1v) is 9.11. The molecule has 1 N–H and O–H groups in total. The highest BCUT2D eigenvalue weighted by Crippen LogP contribution is 2.24. The zero-order valence-corrected chi connectivity index (χ0v) is 14.9. The van der Waals surface area contributed by atoms with Crippen LogP contribution in [0.1, 0.15) is 36.8 Å². The summed E-state index contributed by atoms with van der Waals surface area (Å²) in [5.41, 5.74) is 2.87. The minimum absolute atomic E-state index is 0.0927. The number of thiazole rings is 1. The number of hydrogen-bond donors (Lipinski definition) is 1. The lowest BCUT2D eigenvalue weighted by molar-refractivity contribution is 0.0944. The average molecular weight is 331 g/mol. The topological polar surface area (TPSA) is 45.2 Å². The number of benzene rings is 1. The van der Waals surface area contributed by atoms with E-state index >= 15 is 0 Å². The van der Waals surface area contributed by atoms with Crippen LogP contribution in [0.3, 0.4) is 0 Å². The Morgan fingerprint density at radius 3 is 2.48 bits per heavy atom. The van der Waals surface area contributed by atoms with E-state index in [-0.39, 0.29) is 5.91 Å². The van der Waals surface area contributed by atoms with Crippen LogP contribution in [-0.2, 0) is 6.42 Å². The van der Waals surface area contributed by atoms with Gasteiger partial charge in [-0.2, -0.15) is 0 Å². The highest BCUT2D eigenvalue weighted by atomic mass is 32.1. The lowest BCUT2D eigenvalue weighted by Gasteiger charge is -2.17. The van der Waals surface area contributed by atoms with Crippen molar-refractivity contribution in [3.63, 3.8) is 0 Å². The molecule has 4 nitrogen and oxygen atoms in total. The van der Waals surface area contributed by atoms with Crippen molar-refractivity contribution in [1.82, 2.24) is 15.2 Å². The molecule has 2 aromatic rings. The standard InChI is InChI=1S/C18H25N3OS/c1-4-14-7-9-15(10-8-14)18-20-16(13-23-18)17(22)19-11-12-21(5-2)6-3/h7-10,13H,4-6,11-12H2,1-3H3,(H,19,22). The summed E-state index contributed by atoms with van der Waals surface area (Å²) in [6.07, 6.45) is 1.03. The number of aryl methyl sites for hydroxylation is 1. The monoisotopic (exact) mass is 331 g/mol. The van der Waals surface area contributed by atoms with Crippen molar-refractivity contribution >= 4 is 17.2 Å². The van der Waals surface area contributed by atoms with Crippen LogP contribution in [0.5, 0.6) is 0 Å². The Labute approximate surface area is 142 Å². The van der Waals surface area contributed by atoms with Gasteiger partial charge in [0, 0.05) is 24.0 Å². The summed E-state index contributed by atoms with van der Waals surface area (Å²) in [6.45, 7) is 9.91. The Hall–Kier alpha value is -1.72. The predicted octanol–water partition coefficient (Wildman–Crippen LogP) is 3.44. The minimum atomic E-state index is -0.0927. The molecule has 0 aliphatic rings. The molecular formula is C18H25N3OS. The van der Waals surface area contributed by atoms with Gasteiger partial charge >= 0.3 is 0 Å². The fourth-order valence-electron chi connectivity index (χ4n) is 2.35. The predicted molar refractivity (Wildman–Crippen MR) is 97.0 cm³/mol. The van der Waals surface area contributed by atoms with Gasteiger partial charge in [0.2, 0.25) is 0 Å². The van der Waals surface area contributed by atoms with Crippen LogP contribution in [0.15, 0.2) is 29.6 Å². The summed E-state index contributed by atoms with van der Waals surface area (Å²) in [5.74, 6) is -0.0927. The van der Waals surface area contributed by atoms with Crippen molar-refractivity contribution in [3.8, 4) is 10.6 Å². The Kier molecular flexibility index (Phi) is 6.74. The van der Waals surface area contributed by atoms with Gasteiger partial charge in [0.25, 0.3) is 5.91 Å². The number of amides is 1. The van der Waals surface area contributed by atoms with E-state index in [1.165, 1.54) is 16.9 Å². The average Bonchev–Trinajstić information content (AvgIpc) is 3.09. The molecule has 0 radical (unpaired) electrons. The highest BCUT2D eigenvalue weighted by Gasteiger charge is 2.11. The van der Waals surface area contributed by atoms with Crippen molar-refractivity contribution in [2.45, 2.75) is 27.2 Å². The maximum atomic E-state index is 12.2. The van der Waals surface area contributed by atoms with Gasteiger partial charge in [-0.05, 0) is 25.1 Å². The molecule has 0 aliphatic carbocycles. The van der Waals surface area contributed by atoms with Gasteiger partial charge in [0.1, 0.15) is 10.7 Å². The molecule has 0 spiro atoms. The SMILES string of the molecule is CCc1ccc(-c2nc(C(=O)NCCN(CC)CC)cs2)cc1. The van der Waals surface area contributed by atoms with Crippen LogP contribution < -0.4 is 5.32 Å². The van der Waals surface area contributed by atoms with Crippen LogP contribution in [-0.4, -0.2) is 42.0 Å². The molecule has 1 heterocycles. The summed E-state index contributed by atoms with van der Waals surface area (Å²) in [6, 6.07) is 8.36. The number of likely N-dealkylation sites (N-methyl/N-ethyl adjacent to an activating group) is 1. The van der Waals surface area contributed by atoms with Crippen molar-refractivity contribution < 1.29 is 4.79 Å². The number of aromatic nitrogens is 1. The molecule has 1 aromatic carbocycles. The second kappa shape index (κ2) is 8.79. The lowest BCUT2D eigenvalue weighted by Crippen LogP contribution is -2.34. The van der Waals surface area contributed by atoms with Crippen LogP contribution in [0, 0.1) is 0 Å². The number of carbonyl (C=O) groups excluding carboxylic acids is 1. The van der Waals surface area contributed by atoms with Crippen LogP contribution in [0.2, 0.25) is 0 Å². The van der Waals surface area contributed by atoms with Gasteiger partial charge in [-0.3, -0.25) is 4.79 Å². The smallest absolute Gasteiger partial charge is 0.270 e. The molecule has 0 aliphatic heterocycles. The second-order valence-corrected chi connectivity index (χ2v) is 6.23. The summed E-state index contributed by atoms with van der Waals surface area (Å²) in [4.78, 5) is 18.9. The fourth-order valence-corrected chi connectivity index (χ4v) is 3.16. The normalized spacial score (nSPS) is 11.0. The first kappa shape index (κ1) is 17.6. The molecule has 0 fully saturated rings. The Bertz CT molecular complexity index is 617. The molecule has 0 atom stereocenters. The van der Waals surface area contributed by atoms with Crippen molar-refractivity contribution in [1.29, 1.82) is 0 Å². The molecule has 23 heavy (non-hydrogen) atoms. The first-order chi connectivity index (χ1) is 11.2. The Morgan fingerprint density at radius 1 is 1.17 bits per heavy atom. The largest absolute Gasteiger partial charge is 0.349 e. The van der Waals surface area contributed by atoms with Gasteiger partial charge < -0.3 is 10.2 Å². The van der Waals surface area contributed by atoms with E-state index < -0.39 is 0 Å². The quantitative estimate of drug-likeness (QED) is 0.806. The third kappa shape index (κ3) is 4.88. The molecule has 0 unspecified atom stereocenters. The molecular weight excluding hydrogens is 306 g/mol. The van der Waals surface area contributed by atoms with Crippen molar-refractivity contribution in [2.75, 3.05) is 26.2 Å². The van der Waals surface area contributed by atoms with Gasteiger partial charge in [0.05, 0.1) is 0 Å². The molecule has 5 heteroatoms. The number of nitrogens with one attached hydrogen (secondary N) is 1. The third-order valence-corrected chi connectivity index (χ3v) is 4.85. The second-order valence-electron chi connectivity index (χ2n) is 5.37. The minimum Gasteiger partial charge on any atom is -0.349 e. The summed E-state index contributed by atoms with van der Waals surface area (Å²) >= 11 is 1.51. The van der Waals surface area contributed by atoms with E-state index in [1.807, 2.05) is 5.38 Å². The fraction of sp³-hybridized carbons (Fsp3) is 0.444. The molecule has 0 saturated heterocycles. The molecule has 1 aromatic heterocycles. The number of rotatable bonds is 8. The highest BCUT2D eigenvalue weighted by molar-refractivity contribution is 7.13. The first-order valence-electron chi connectivity index (χ1n) is 8.23. The van der Waals surface area contributed by atoms with Gasteiger partial charge in [0.15, 0.2) is 0 Å². The number of carbonyl (C=O) groups is 1.